The van der Waals surface area contributed by atoms with Crippen molar-refractivity contribution in [2.75, 3.05) is 6.54 Å². The van der Waals surface area contributed by atoms with E-state index in [1.54, 1.807) is 0 Å². The second kappa shape index (κ2) is 4.91. The van der Waals surface area contributed by atoms with Gasteiger partial charge in [0, 0.05) is 6.42 Å². The van der Waals surface area contributed by atoms with E-state index in [4.69, 9.17) is 5.11 Å². The van der Waals surface area contributed by atoms with Crippen LogP contribution in [0.2, 0.25) is 0 Å². The molecule has 4 N–H and O–H groups in total. The van der Waals surface area contributed by atoms with E-state index in [9.17, 15) is 14.7 Å². The van der Waals surface area contributed by atoms with E-state index in [-0.39, 0.29) is 5.82 Å². The predicted octanol–water partition coefficient (Wildman–Crippen LogP) is -1.07. The Morgan fingerprint density at radius 2 is 2.18 bits per heavy atom. The van der Waals surface area contributed by atoms with Crippen LogP contribution in [0.5, 0.6) is 0 Å². The highest BCUT2D eigenvalue weighted by Crippen LogP contribution is 2.01. The lowest BCUT2D eigenvalue weighted by Gasteiger charge is -2.17. The van der Waals surface area contributed by atoms with Gasteiger partial charge in [0.25, 0.3) is 5.91 Å². The number of H-pyrrole nitrogens is 1. The predicted molar refractivity (Wildman–Crippen MR) is 56.4 cm³/mol. The van der Waals surface area contributed by atoms with Crippen molar-refractivity contribution in [3.05, 3.63) is 11.6 Å². The fraction of sp³-hybridized carbons (Fsp3) is 0.556. The van der Waals surface area contributed by atoms with Crippen LogP contribution in [0.15, 0.2) is 0 Å². The average Bonchev–Trinajstić information content (AvgIpc) is 2.74. The average molecular weight is 242 g/mol. The van der Waals surface area contributed by atoms with E-state index in [0.717, 1.165) is 6.92 Å². The summed E-state index contributed by atoms with van der Waals surface area (Å²) in [4.78, 5) is 25.9. The van der Waals surface area contributed by atoms with Gasteiger partial charge in [0.15, 0.2) is 5.60 Å². The number of aromatic amines is 1. The number of aryl methyl sites for hydroxylation is 1. The smallest absolute Gasteiger partial charge is 0.337 e. The molecule has 1 aromatic heterocycles. The van der Waals surface area contributed by atoms with Gasteiger partial charge in [-0.3, -0.25) is 9.89 Å². The first-order valence-corrected chi connectivity index (χ1v) is 5.02. The highest BCUT2D eigenvalue weighted by Gasteiger charge is 2.30. The summed E-state index contributed by atoms with van der Waals surface area (Å²) >= 11 is 0. The van der Waals surface area contributed by atoms with Gasteiger partial charge in [-0.2, -0.15) is 0 Å². The van der Waals surface area contributed by atoms with Crippen molar-refractivity contribution < 1.29 is 19.8 Å². The molecule has 94 valence electrons. The standard InChI is InChI=1S/C9H14N4O4/c1-3-5-11-6(13-12-5)7(14)10-4-9(2,17)8(15)16/h17H,3-4H2,1-2H3,(H,10,14)(H,15,16)(H,11,12,13). The first kappa shape index (κ1) is 13.1. The molecule has 0 aliphatic rings. The maximum Gasteiger partial charge on any atom is 0.337 e. The lowest BCUT2D eigenvalue weighted by molar-refractivity contribution is -0.155. The lowest BCUT2D eigenvalue weighted by atomic mass is 10.1. The molecule has 1 aromatic rings. The number of hydrogen-bond donors (Lipinski definition) is 4. The molecule has 8 nitrogen and oxygen atoms in total. The fourth-order valence-corrected chi connectivity index (χ4v) is 0.962. The van der Waals surface area contributed by atoms with Crippen molar-refractivity contribution in [2.45, 2.75) is 25.9 Å². The number of aliphatic carboxylic acids is 1. The second-order valence-electron chi connectivity index (χ2n) is 3.72. The zero-order valence-electron chi connectivity index (χ0n) is 9.52. The summed E-state index contributed by atoms with van der Waals surface area (Å²) in [5.74, 6) is -1.58. The highest BCUT2D eigenvalue weighted by molar-refractivity contribution is 5.91. The van der Waals surface area contributed by atoms with Gasteiger partial charge in [-0.05, 0) is 6.92 Å². The van der Waals surface area contributed by atoms with E-state index in [1.165, 1.54) is 0 Å². The summed E-state index contributed by atoms with van der Waals surface area (Å²) < 4.78 is 0. The molecule has 1 heterocycles. The van der Waals surface area contributed by atoms with Crippen molar-refractivity contribution in [2.24, 2.45) is 0 Å². The van der Waals surface area contributed by atoms with Crippen LogP contribution < -0.4 is 5.32 Å². The van der Waals surface area contributed by atoms with Crippen molar-refractivity contribution >= 4 is 11.9 Å². The maximum absolute atomic E-state index is 11.5. The highest BCUT2D eigenvalue weighted by atomic mass is 16.4. The summed E-state index contributed by atoms with van der Waals surface area (Å²) in [7, 11) is 0. The Labute approximate surface area is 97.1 Å². The van der Waals surface area contributed by atoms with E-state index in [2.05, 4.69) is 20.5 Å². The van der Waals surface area contributed by atoms with Crippen molar-refractivity contribution in [1.82, 2.24) is 20.5 Å². The van der Waals surface area contributed by atoms with Crippen LogP contribution in [0.4, 0.5) is 0 Å². The Hall–Kier alpha value is -1.96. The molecule has 0 radical (unpaired) electrons. The van der Waals surface area contributed by atoms with Crippen LogP contribution in [0.3, 0.4) is 0 Å². The molecular formula is C9H14N4O4. The summed E-state index contributed by atoms with van der Waals surface area (Å²) in [6, 6.07) is 0. The number of rotatable bonds is 5. The van der Waals surface area contributed by atoms with Crippen LogP contribution >= 0.6 is 0 Å². The molecule has 0 aromatic carbocycles. The van der Waals surface area contributed by atoms with E-state index in [0.29, 0.717) is 12.2 Å². The molecule has 0 saturated carbocycles. The molecule has 0 saturated heterocycles. The molecule has 0 fully saturated rings. The third-order valence-corrected chi connectivity index (χ3v) is 2.12. The fourth-order valence-electron chi connectivity index (χ4n) is 0.962. The van der Waals surface area contributed by atoms with Gasteiger partial charge in [-0.15, -0.1) is 5.10 Å². The molecule has 17 heavy (non-hydrogen) atoms. The van der Waals surface area contributed by atoms with Gasteiger partial charge in [0.1, 0.15) is 5.82 Å². The van der Waals surface area contributed by atoms with E-state index >= 15 is 0 Å². The maximum atomic E-state index is 11.5. The number of nitrogens with one attached hydrogen (secondary N) is 2. The minimum atomic E-state index is -2.01. The Morgan fingerprint density at radius 1 is 1.53 bits per heavy atom. The Morgan fingerprint density at radius 3 is 2.65 bits per heavy atom. The first-order valence-electron chi connectivity index (χ1n) is 5.02. The Bertz CT molecular complexity index is 426. The van der Waals surface area contributed by atoms with Gasteiger partial charge < -0.3 is 15.5 Å². The van der Waals surface area contributed by atoms with Gasteiger partial charge in [0.2, 0.25) is 5.82 Å². The SMILES string of the molecule is CCc1nc(C(=O)NCC(C)(O)C(=O)O)n[nH]1. The minimum absolute atomic E-state index is 0.0805. The van der Waals surface area contributed by atoms with Crippen LogP contribution in [0.25, 0.3) is 0 Å². The van der Waals surface area contributed by atoms with Gasteiger partial charge in [-0.25, -0.2) is 9.78 Å². The molecule has 1 rings (SSSR count). The summed E-state index contributed by atoms with van der Waals surface area (Å²) in [6.45, 7) is 2.51. The number of aromatic nitrogens is 3. The van der Waals surface area contributed by atoms with Crippen LogP contribution in [-0.4, -0.2) is 49.4 Å². The topological polar surface area (TPSA) is 128 Å². The van der Waals surface area contributed by atoms with Crippen LogP contribution in [0, 0.1) is 0 Å². The third-order valence-electron chi connectivity index (χ3n) is 2.12. The molecule has 1 amide bonds. The number of amides is 1. The normalized spacial score (nSPS) is 14.1. The van der Waals surface area contributed by atoms with Crippen molar-refractivity contribution in [3.63, 3.8) is 0 Å². The zero-order valence-corrected chi connectivity index (χ0v) is 9.52. The summed E-state index contributed by atoms with van der Waals surface area (Å²) in [5, 5.41) is 26.5. The number of carboxylic acid groups (broad SMARTS) is 1. The molecule has 1 unspecified atom stereocenters. The summed E-state index contributed by atoms with van der Waals surface area (Å²) in [5.41, 5.74) is -2.01. The molecule has 0 aliphatic carbocycles. The van der Waals surface area contributed by atoms with Crippen molar-refractivity contribution in [3.8, 4) is 0 Å². The largest absolute Gasteiger partial charge is 0.479 e. The monoisotopic (exact) mass is 242 g/mol. The lowest BCUT2D eigenvalue weighted by Crippen LogP contribution is -2.46. The number of carboxylic acids is 1. The number of nitrogens with zero attached hydrogens (tertiary/aromatic N) is 2. The Balaban J connectivity index is 2.58. The van der Waals surface area contributed by atoms with Crippen molar-refractivity contribution in [1.29, 1.82) is 0 Å². The van der Waals surface area contributed by atoms with E-state index < -0.39 is 24.0 Å². The van der Waals surface area contributed by atoms with E-state index in [1.807, 2.05) is 6.92 Å². The number of hydrogen-bond acceptors (Lipinski definition) is 5. The second-order valence-corrected chi connectivity index (χ2v) is 3.72. The quantitative estimate of drug-likeness (QED) is 0.520. The van der Waals surface area contributed by atoms with Crippen LogP contribution in [-0.2, 0) is 11.2 Å². The summed E-state index contributed by atoms with van der Waals surface area (Å²) in [6.07, 6.45) is 0.604. The van der Waals surface area contributed by atoms with Gasteiger partial charge in [-0.1, -0.05) is 6.92 Å². The molecule has 1 atom stereocenters. The number of aliphatic hydroxyl groups is 1. The molecule has 0 aliphatic heterocycles. The molecule has 0 bridgehead atoms. The van der Waals surface area contributed by atoms with Gasteiger partial charge in [0.05, 0.1) is 6.54 Å². The molecule has 0 spiro atoms. The number of carbonyl (C=O) groups excluding carboxylic acids is 1. The van der Waals surface area contributed by atoms with Gasteiger partial charge >= 0.3 is 5.97 Å². The first-order chi connectivity index (χ1) is 7.86. The third kappa shape index (κ3) is 3.25. The Kier molecular flexibility index (Phi) is 3.79. The number of carbonyl (C=O) groups is 2. The zero-order chi connectivity index (χ0) is 13.1. The van der Waals surface area contributed by atoms with Crippen LogP contribution in [0.1, 0.15) is 30.3 Å². The minimum Gasteiger partial charge on any atom is -0.479 e. The molecular weight excluding hydrogens is 228 g/mol. The molecule has 8 heteroatoms.